The van der Waals surface area contributed by atoms with Crippen LogP contribution in [0.1, 0.15) is 23.6 Å². The van der Waals surface area contributed by atoms with E-state index in [0.29, 0.717) is 0 Å². The van der Waals surface area contributed by atoms with E-state index in [2.05, 4.69) is 125 Å². The average Bonchev–Trinajstić information content (AvgIpc) is 2.67. The highest BCUT2D eigenvalue weighted by Crippen LogP contribution is 2.40. The SMILES string of the molecule is CC(c1ccccc1)(c1ccc(O[Si](C)(C)C)cc1)c1ccc(O[Si](C)(C)C)cc1. The molecule has 0 saturated carbocycles. The van der Waals surface area contributed by atoms with Gasteiger partial charge >= 0.3 is 0 Å². The summed E-state index contributed by atoms with van der Waals surface area (Å²) < 4.78 is 12.3. The zero-order valence-electron chi connectivity index (χ0n) is 19.3. The van der Waals surface area contributed by atoms with Crippen molar-refractivity contribution >= 4 is 16.6 Å². The van der Waals surface area contributed by atoms with Gasteiger partial charge in [0.2, 0.25) is 16.6 Å². The average molecular weight is 435 g/mol. The predicted octanol–water partition coefficient (Wildman–Crippen LogP) is 7.47. The van der Waals surface area contributed by atoms with Gasteiger partial charge in [-0.1, -0.05) is 54.6 Å². The Kier molecular flexibility index (Phi) is 6.30. The second-order valence-electron chi connectivity index (χ2n) is 9.97. The van der Waals surface area contributed by atoms with E-state index in [1.807, 2.05) is 0 Å². The fourth-order valence-electron chi connectivity index (χ4n) is 3.69. The number of rotatable bonds is 7. The molecule has 2 nitrogen and oxygen atoms in total. The van der Waals surface area contributed by atoms with Crippen molar-refractivity contribution in [3.8, 4) is 11.5 Å². The molecule has 158 valence electrons. The topological polar surface area (TPSA) is 18.5 Å². The minimum Gasteiger partial charge on any atom is -0.544 e. The summed E-state index contributed by atoms with van der Waals surface area (Å²) in [6.45, 7) is 15.5. The van der Waals surface area contributed by atoms with Crippen LogP contribution in [0.2, 0.25) is 39.3 Å². The largest absolute Gasteiger partial charge is 0.544 e. The Morgan fingerprint density at radius 2 is 0.833 bits per heavy atom. The number of hydrogen-bond donors (Lipinski definition) is 0. The summed E-state index contributed by atoms with van der Waals surface area (Å²) >= 11 is 0. The van der Waals surface area contributed by atoms with E-state index >= 15 is 0 Å². The standard InChI is InChI=1S/C26H34O2Si2/c1-26(21-11-9-8-10-12-21,22-13-17-24(18-14-22)27-29(2,3)4)23-15-19-25(20-16-23)28-30(5,6)7/h8-20H,1-7H3. The first-order valence-electron chi connectivity index (χ1n) is 10.6. The summed E-state index contributed by atoms with van der Waals surface area (Å²) in [5.41, 5.74) is 3.49. The summed E-state index contributed by atoms with van der Waals surface area (Å²) in [6.07, 6.45) is 0. The lowest BCUT2D eigenvalue weighted by Crippen LogP contribution is -2.30. The molecule has 0 aliphatic rings. The van der Waals surface area contributed by atoms with Crippen LogP contribution in [0.15, 0.2) is 78.9 Å². The Labute approximate surface area is 184 Å². The first kappa shape index (κ1) is 22.4. The molecule has 3 aromatic carbocycles. The third-order valence-electron chi connectivity index (χ3n) is 5.06. The molecule has 0 saturated heterocycles. The number of hydrogen-bond acceptors (Lipinski definition) is 2. The summed E-state index contributed by atoms with van der Waals surface area (Å²) in [7, 11) is -3.25. The summed E-state index contributed by atoms with van der Waals surface area (Å²) in [5, 5.41) is 0. The van der Waals surface area contributed by atoms with Crippen molar-refractivity contribution in [3.63, 3.8) is 0 Å². The molecule has 0 amide bonds. The first-order valence-corrected chi connectivity index (χ1v) is 17.4. The lowest BCUT2D eigenvalue weighted by molar-refractivity contribution is 0.555. The second kappa shape index (κ2) is 8.44. The van der Waals surface area contributed by atoms with E-state index in [1.165, 1.54) is 16.7 Å². The minimum absolute atomic E-state index is 0.267. The highest BCUT2D eigenvalue weighted by Gasteiger charge is 2.31. The van der Waals surface area contributed by atoms with Crippen LogP contribution in [0, 0.1) is 0 Å². The van der Waals surface area contributed by atoms with Gasteiger partial charge in [0.1, 0.15) is 11.5 Å². The van der Waals surface area contributed by atoms with Gasteiger partial charge in [-0.05, 0) is 87.2 Å². The van der Waals surface area contributed by atoms with Crippen LogP contribution in [0.4, 0.5) is 0 Å². The molecule has 0 aliphatic heterocycles. The van der Waals surface area contributed by atoms with Crippen molar-refractivity contribution in [2.75, 3.05) is 0 Å². The van der Waals surface area contributed by atoms with Crippen LogP contribution in [0.3, 0.4) is 0 Å². The fraction of sp³-hybridized carbons (Fsp3) is 0.308. The van der Waals surface area contributed by atoms with Gasteiger partial charge in [-0.15, -0.1) is 0 Å². The molecule has 0 fully saturated rings. The predicted molar refractivity (Wildman–Crippen MR) is 133 cm³/mol. The van der Waals surface area contributed by atoms with Crippen LogP contribution < -0.4 is 8.85 Å². The molecule has 0 spiro atoms. The Bertz CT molecular complexity index is 892. The second-order valence-corrected chi connectivity index (χ2v) is 18.8. The van der Waals surface area contributed by atoms with Crippen LogP contribution in [0.25, 0.3) is 0 Å². The third-order valence-corrected chi connectivity index (χ3v) is 6.76. The highest BCUT2D eigenvalue weighted by molar-refractivity contribution is 6.70. The van der Waals surface area contributed by atoms with Crippen molar-refractivity contribution in [2.24, 2.45) is 0 Å². The van der Waals surface area contributed by atoms with Gasteiger partial charge in [0.15, 0.2) is 0 Å². The van der Waals surface area contributed by atoms with Crippen molar-refractivity contribution in [1.82, 2.24) is 0 Å². The van der Waals surface area contributed by atoms with E-state index in [4.69, 9.17) is 8.85 Å². The maximum Gasteiger partial charge on any atom is 0.242 e. The maximum absolute atomic E-state index is 6.17. The van der Waals surface area contributed by atoms with Crippen LogP contribution in [-0.4, -0.2) is 16.6 Å². The van der Waals surface area contributed by atoms with Crippen molar-refractivity contribution in [1.29, 1.82) is 0 Å². The van der Waals surface area contributed by atoms with Crippen molar-refractivity contribution < 1.29 is 8.85 Å². The number of benzene rings is 3. The van der Waals surface area contributed by atoms with Crippen LogP contribution >= 0.6 is 0 Å². The van der Waals surface area contributed by atoms with Crippen LogP contribution in [0.5, 0.6) is 11.5 Å². The zero-order valence-corrected chi connectivity index (χ0v) is 21.3. The van der Waals surface area contributed by atoms with E-state index in [1.54, 1.807) is 0 Å². The molecule has 0 N–H and O–H groups in total. The minimum atomic E-state index is -1.63. The maximum atomic E-state index is 6.17. The van der Waals surface area contributed by atoms with Gasteiger partial charge < -0.3 is 8.85 Å². The molecule has 0 bridgehead atoms. The molecule has 0 atom stereocenters. The molecule has 0 heterocycles. The van der Waals surface area contributed by atoms with Gasteiger partial charge in [-0.3, -0.25) is 0 Å². The van der Waals surface area contributed by atoms with Crippen molar-refractivity contribution in [2.45, 2.75) is 51.6 Å². The lowest BCUT2D eigenvalue weighted by atomic mass is 9.71. The van der Waals surface area contributed by atoms with Gasteiger partial charge in [0.05, 0.1) is 0 Å². The Hall–Kier alpha value is -2.31. The Morgan fingerprint density at radius 3 is 1.17 bits per heavy atom. The summed E-state index contributed by atoms with van der Waals surface area (Å²) in [4.78, 5) is 0. The van der Waals surface area contributed by atoms with E-state index in [9.17, 15) is 0 Å². The molecule has 0 aliphatic carbocycles. The van der Waals surface area contributed by atoms with Gasteiger partial charge in [-0.2, -0.15) is 0 Å². The zero-order chi connectivity index (χ0) is 22.0. The Morgan fingerprint density at radius 1 is 0.500 bits per heavy atom. The molecule has 3 rings (SSSR count). The molecule has 0 radical (unpaired) electrons. The monoisotopic (exact) mass is 434 g/mol. The quantitative estimate of drug-likeness (QED) is 0.284. The summed E-state index contributed by atoms with van der Waals surface area (Å²) in [5.74, 6) is 1.90. The van der Waals surface area contributed by atoms with Gasteiger partial charge in [0, 0.05) is 5.41 Å². The molecule has 0 aromatic heterocycles. The van der Waals surface area contributed by atoms with E-state index in [0.717, 1.165) is 11.5 Å². The molecular weight excluding hydrogens is 400 g/mol. The molecular formula is C26H34O2Si2. The van der Waals surface area contributed by atoms with Crippen molar-refractivity contribution in [3.05, 3.63) is 95.6 Å². The van der Waals surface area contributed by atoms with E-state index < -0.39 is 16.6 Å². The first-order chi connectivity index (χ1) is 14.0. The lowest BCUT2D eigenvalue weighted by Gasteiger charge is -2.32. The van der Waals surface area contributed by atoms with Crippen LogP contribution in [-0.2, 0) is 5.41 Å². The fourth-order valence-corrected chi connectivity index (χ4v) is 5.38. The Balaban J connectivity index is 2.03. The molecule has 0 unspecified atom stereocenters. The normalized spacial score (nSPS) is 12.5. The highest BCUT2D eigenvalue weighted by atomic mass is 28.4. The summed E-state index contributed by atoms with van der Waals surface area (Å²) in [6, 6.07) is 28.0. The molecule has 3 aromatic rings. The molecule has 30 heavy (non-hydrogen) atoms. The smallest absolute Gasteiger partial charge is 0.242 e. The third kappa shape index (κ3) is 5.43. The van der Waals surface area contributed by atoms with Gasteiger partial charge in [-0.25, -0.2) is 0 Å². The van der Waals surface area contributed by atoms with Gasteiger partial charge in [0.25, 0.3) is 0 Å². The molecule has 4 heteroatoms. The van der Waals surface area contributed by atoms with E-state index in [-0.39, 0.29) is 5.41 Å².